The molecule has 0 radical (unpaired) electrons. The molecule has 27 heavy (non-hydrogen) atoms. The minimum absolute atomic E-state index is 0.103. The number of hydrogen-bond acceptors (Lipinski definition) is 6. The number of aryl methyl sites for hydroxylation is 1. The zero-order chi connectivity index (χ0) is 18.8. The Labute approximate surface area is 164 Å². The Kier molecular flexibility index (Phi) is 5.00. The van der Waals surface area contributed by atoms with E-state index >= 15 is 0 Å². The highest BCUT2D eigenvalue weighted by Crippen LogP contribution is 2.27. The summed E-state index contributed by atoms with van der Waals surface area (Å²) in [5.41, 5.74) is 3.74. The van der Waals surface area contributed by atoms with Crippen LogP contribution < -0.4 is 10.2 Å². The highest BCUT2D eigenvalue weighted by molar-refractivity contribution is 7.14. The molecule has 3 aromatic rings. The maximum absolute atomic E-state index is 12.3. The normalized spacial score (nSPS) is 14.0. The first-order valence-electron chi connectivity index (χ1n) is 8.66. The molecule has 3 heterocycles. The van der Waals surface area contributed by atoms with E-state index in [4.69, 9.17) is 0 Å². The lowest BCUT2D eigenvalue weighted by atomic mass is 10.1. The van der Waals surface area contributed by atoms with Gasteiger partial charge in [-0.15, -0.1) is 22.7 Å². The second-order valence-corrected chi connectivity index (χ2v) is 8.09. The first-order chi connectivity index (χ1) is 13.1. The average Bonchev–Trinajstić information content (AvgIpc) is 3.37. The van der Waals surface area contributed by atoms with E-state index in [2.05, 4.69) is 15.3 Å². The zero-order valence-corrected chi connectivity index (χ0v) is 16.4. The summed E-state index contributed by atoms with van der Waals surface area (Å²) in [5.74, 6) is -0.0591. The minimum atomic E-state index is -0.163. The molecular weight excluding hydrogens is 380 g/mol. The Hall–Kier alpha value is -2.58. The van der Waals surface area contributed by atoms with Gasteiger partial charge < -0.3 is 5.32 Å². The zero-order valence-electron chi connectivity index (χ0n) is 14.8. The minimum Gasteiger partial charge on any atom is -0.302 e. The van der Waals surface area contributed by atoms with Crippen LogP contribution in [0.15, 0.2) is 35.0 Å². The fourth-order valence-corrected chi connectivity index (χ4v) is 4.47. The molecule has 1 fully saturated rings. The van der Waals surface area contributed by atoms with Gasteiger partial charge in [0.25, 0.3) is 0 Å². The van der Waals surface area contributed by atoms with Gasteiger partial charge in [0.1, 0.15) is 0 Å². The smallest absolute Gasteiger partial charge is 0.232 e. The molecule has 4 rings (SSSR count). The van der Waals surface area contributed by atoms with Crippen LogP contribution in [0.5, 0.6) is 0 Å². The number of thiazole rings is 2. The average molecular weight is 399 g/mol. The van der Waals surface area contributed by atoms with Crippen LogP contribution >= 0.6 is 22.7 Å². The number of nitrogens with one attached hydrogen (secondary N) is 1. The van der Waals surface area contributed by atoms with Crippen LogP contribution in [0.4, 0.5) is 10.3 Å². The third kappa shape index (κ3) is 4.06. The first-order valence-corrected chi connectivity index (χ1v) is 10.4. The lowest BCUT2D eigenvalue weighted by molar-refractivity contribution is -0.117. The fraction of sp³-hybridized carbons (Fsp3) is 0.263. The second kappa shape index (κ2) is 7.58. The molecule has 0 bridgehead atoms. The van der Waals surface area contributed by atoms with Gasteiger partial charge >= 0.3 is 0 Å². The summed E-state index contributed by atoms with van der Waals surface area (Å²) in [7, 11) is 0. The molecular formula is C19H18N4O2S2. The standard InChI is InChI=1S/C19H18N4O2S2/c1-12-4-6-13(7-5-12)15-11-26-18(21-15)22-16(24)9-14-10-27-19(20-14)23-8-2-3-17(23)25/h4-7,10-11H,2-3,8-9H2,1H3,(H,21,22,24). The van der Waals surface area contributed by atoms with Gasteiger partial charge in [-0.25, -0.2) is 9.97 Å². The van der Waals surface area contributed by atoms with E-state index in [1.807, 2.05) is 41.9 Å². The Morgan fingerprint density at radius 1 is 1.19 bits per heavy atom. The van der Waals surface area contributed by atoms with Crippen LogP contribution in [0.3, 0.4) is 0 Å². The Bertz CT molecular complexity index is 978. The van der Waals surface area contributed by atoms with Crippen LogP contribution in [0.1, 0.15) is 24.1 Å². The molecule has 0 saturated carbocycles. The number of benzene rings is 1. The van der Waals surface area contributed by atoms with Gasteiger partial charge in [0.15, 0.2) is 10.3 Å². The number of rotatable bonds is 5. The van der Waals surface area contributed by atoms with Crippen LogP contribution in [0.2, 0.25) is 0 Å². The molecule has 6 nitrogen and oxygen atoms in total. The van der Waals surface area contributed by atoms with Crippen molar-refractivity contribution in [3.05, 3.63) is 46.3 Å². The highest BCUT2D eigenvalue weighted by Gasteiger charge is 2.24. The van der Waals surface area contributed by atoms with E-state index < -0.39 is 0 Å². The van der Waals surface area contributed by atoms with Gasteiger partial charge in [-0.05, 0) is 13.3 Å². The molecule has 2 amide bonds. The SMILES string of the molecule is Cc1ccc(-c2csc(NC(=O)Cc3csc(N4CCCC4=O)n3)n2)cc1. The van der Waals surface area contributed by atoms with E-state index in [1.165, 1.54) is 28.2 Å². The Balaban J connectivity index is 1.38. The van der Waals surface area contributed by atoms with E-state index in [9.17, 15) is 9.59 Å². The lowest BCUT2D eigenvalue weighted by Gasteiger charge is -2.10. The summed E-state index contributed by atoms with van der Waals surface area (Å²) in [6.07, 6.45) is 1.60. The molecule has 8 heteroatoms. The largest absolute Gasteiger partial charge is 0.302 e. The number of hydrogen-bond donors (Lipinski definition) is 1. The third-order valence-electron chi connectivity index (χ3n) is 4.28. The van der Waals surface area contributed by atoms with E-state index in [1.54, 1.807) is 4.90 Å². The molecule has 0 atom stereocenters. The van der Waals surface area contributed by atoms with E-state index in [0.717, 1.165) is 17.7 Å². The highest BCUT2D eigenvalue weighted by atomic mass is 32.1. The van der Waals surface area contributed by atoms with Crippen molar-refractivity contribution in [1.82, 2.24) is 9.97 Å². The van der Waals surface area contributed by atoms with Gasteiger partial charge in [0.2, 0.25) is 11.8 Å². The molecule has 138 valence electrons. The van der Waals surface area contributed by atoms with Gasteiger partial charge in [0, 0.05) is 29.3 Å². The summed E-state index contributed by atoms with van der Waals surface area (Å²) < 4.78 is 0. The van der Waals surface area contributed by atoms with Gasteiger partial charge in [-0.1, -0.05) is 29.8 Å². The maximum Gasteiger partial charge on any atom is 0.232 e. The number of amides is 2. The fourth-order valence-electron chi connectivity index (χ4n) is 2.87. The Morgan fingerprint density at radius 3 is 2.74 bits per heavy atom. The van der Waals surface area contributed by atoms with Crippen molar-refractivity contribution in [3.8, 4) is 11.3 Å². The molecule has 0 aliphatic carbocycles. The quantitative estimate of drug-likeness (QED) is 0.708. The predicted octanol–water partition coefficient (Wildman–Crippen LogP) is 3.88. The molecule has 1 aliphatic rings. The Morgan fingerprint density at radius 2 is 2.00 bits per heavy atom. The summed E-state index contributed by atoms with van der Waals surface area (Å²) in [4.78, 5) is 34.7. The molecule has 1 N–H and O–H groups in total. The third-order valence-corrected chi connectivity index (χ3v) is 5.95. The van der Waals surface area contributed by atoms with Crippen LogP contribution in [0, 0.1) is 6.92 Å². The van der Waals surface area contributed by atoms with E-state index in [-0.39, 0.29) is 18.2 Å². The predicted molar refractivity (Wildman–Crippen MR) is 108 cm³/mol. The van der Waals surface area contributed by atoms with Crippen LogP contribution in [-0.4, -0.2) is 28.3 Å². The van der Waals surface area contributed by atoms with Crippen LogP contribution in [0.25, 0.3) is 11.3 Å². The number of nitrogens with zero attached hydrogens (tertiary/aromatic N) is 3. The van der Waals surface area contributed by atoms with Crippen molar-refractivity contribution in [3.63, 3.8) is 0 Å². The van der Waals surface area contributed by atoms with Gasteiger partial charge in [0.05, 0.1) is 17.8 Å². The first kappa shape index (κ1) is 17.8. The van der Waals surface area contributed by atoms with Crippen molar-refractivity contribution >= 4 is 44.8 Å². The molecule has 2 aromatic heterocycles. The summed E-state index contributed by atoms with van der Waals surface area (Å²) in [6.45, 7) is 2.75. The van der Waals surface area contributed by atoms with Crippen LogP contribution in [-0.2, 0) is 16.0 Å². The monoisotopic (exact) mass is 398 g/mol. The topological polar surface area (TPSA) is 75.2 Å². The summed E-state index contributed by atoms with van der Waals surface area (Å²) in [6, 6.07) is 8.12. The molecule has 1 aromatic carbocycles. The number of carbonyl (C=O) groups is 2. The molecule has 1 saturated heterocycles. The van der Waals surface area contributed by atoms with E-state index in [0.29, 0.717) is 28.9 Å². The van der Waals surface area contributed by atoms with Crippen molar-refractivity contribution in [2.45, 2.75) is 26.2 Å². The number of aromatic nitrogens is 2. The van der Waals surface area contributed by atoms with Crippen molar-refractivity contribution in [2.75, 3.05) is 16.8 Å². The van der Waals surface area contributed by atoms with Crippen molar-refractivity contribution in [2.24, 2.45) is 0 Å². The number of carbonyl (C=O) groups excluding carboxylic acids is 2. The summed E-state index contributed by atoms with van der Waals surface area (Å²) in [5, 5.41) is 7.84. The molecule has 0 unspecified atom stereocenters. The van der Waals surface area contributed by atoms with Crippen molar-refractivity contribution < 1.29 is 9.59 Å². The van der Waals surface area contributed by atoms with Gasteiger partial charge in [-0.3, -0.25) is 14.5 Å². The summed E-state index contributed by atoms with van der Waals surface area (Å²) >= 11 is 2.80. The maximum atomic E-state index is 12.3. The second-order valence-electron chi connectivity index (χ2n) is 6.40. The molecule has 0 spiro atoms. The van der Waals surface area contributed by atoms with Gasteiger partial charge in [-0.2, -0.15) is 0 Å². The van der Waals surface area contributed by atoms with Crippen molar-refractivity contribution in [1.29, 1.82) is 0 Å². The number of anilines is 2. The lowest BCUT2D eigenvalue weighted by Crippen LogP contribution is -2.23. The molecule has 1 aliphatic heterocycles.